The van der Waals surface area contributed by atoms with Crippen LogP contribution in [-0.4, -0.2) is 39.8 Å². The van der Waals surface area contributed by atoms with Crippen molar-refractivity contribution in [2.24, 2.45) is 0 Å². The van der Waals surface area contributed by atoms with E-state index in [1.54, 1.807) is 38.3 Å². The van der Waals surface area contributed by atoms with Crippen LogP contribution in [0.3, 0.4) is 0 Å². The number of nitrogens with one attached hydrogen (secondary N) is 1. The summed E-state index contributed by atoms with van der Waals surface area (Å²) in [5.74, 6) is -0.436. The SMILES string of the molecule is COc1ccc(OC)c([C@@H](C)NC(=O)COC(=O)/C=C/c2ccc(OC)c(F)c2)c1. The number of hydrogen-bond donors (Lipinski definition) is 1. The van der Waals surface area contributed by atoms with Crippen molar-refractivity contribution in [2.75, 3.05) is 27.9 Å². The van der Waals surface area contributed by atoms with Crippen LogP contribution in [0.1, 0.15) is 24.1 Å². The van der Waals surface area contributed by atoms with Crippen LogP contribution in [0.15, 0.2) is 42.5 Å². The smallest absolute Gasteiger partial charge is 0.331 e. The molecule has 0 saturated heterocycles. The summed E-state index contributed by atoms with van der Waals surface area (Å²) >= 11 is 0. The van der Waals surface area contributed by atoms with Crippen LogP contribution < -0.4 is 19.5 Å². The molecule has 0 aromatic heterocycles. The van der Waals surface area contributed by atoms with E-state index in [0.717, 1.165) is 11.6 Å². The number of hydrogen-bond acceptors (Lipinski definition) is 6. The predicted octanol–water partition coefficient (Wildman–Crippen LogP) is 3.29. The molecule has 2 rings (SSSR count). The Morgan fingerprint density at radius 2 is 1.73 bits per heavy atom. The van der Waals surface area contributed by atoms with Gasteiger partial charge in [0.15, 0.2) is 18.2 Å². The van der Waals surface area contributed by atoms with Gasteiger partial charge in [-0.2, -0.15) is 0 Å². The van der Waals surface area contributed by atoms with Gasteiger partial charge in [0, 0.05) is 11.6 Å². The maximum atomic E-state index is 13.6. The molecule has 0 heterocycles. The second-order valence-electron chi connectivity index (χ2n) is 6.23. The van der Waals surface area contributed by atoms with Crippen LogP contribution in [0.5, 0.6) is 17.2 Å². The van der Waals surface area contributed by atoms with Crippen molar-refractivity contribution in [1.29, 1.82) is 0 Å². The van der Waals surface area contributed by atoms with Crippen LogP contribution >= 0.6 is 0 Å². The number of carbonyl (C=O) groups is 2. The van der Waals surface area contributed by atoms with E-state index in [1.165, 1.54) is 32.4 Å². The molecule has 160 valence electrons. The second-order valence-corrected chi connectivity index (χ2v) is 6.23. The molecule has 0 aliphatic carbocycles. The van der Waals surface area contributed by atoms with Gasteiger partial charge in [0.1, 0.15) is 11.5 Å². The summed E-state index contributed by atoms with van der Waals surface area (Å²) in [4.78, 5) is 24.0. The molecule has 7 nitrogen and oxygen atoms in total. The Balaban J connectivity index is 1.89. The molecule has 1 amide bonds. The lowest BCUT2D eigenvalue weighted by Gasteiger charge is -2.18. The normalized spacial score (nSPS) is 11.6. The fraction of sp³-hybridized carbons (Fsp3) is 0.273. The molecule has 0 bridgehead atoms. The third-order valence-electron chi connectivity index (χ3n) is 4.21. The van der Waals surface area contributed by atoms with Crippen LogP contribution in [-0.2, 0) is 14.3 Å². The molecule has 0 radical (unpaired) electrons. The third kappa shape index (κ3) is 6.23. The molecule has 2 aromatic carbocycles. The number of rotatable bonds is 9. The number of methoxy groups -OCH3 is 3. The van der Waals surface area contributed by atoms with Gasteiger partial charge in [-0.1, -0.05) is 6.07 Å². The molecule has 0 spiro atoms. The van der Waals surface area contributed by atoms with E-state index >= 15 is 0 Å². The summed E-state index contributed by atoms with van der Waals surface area (Å²) in [6.45, 7) is 1.31. The first-order chi connectivity index (χ1) is 14.4. The Morgan fingerprint density at radius 1 is 1.03 bits per heavy atom. The van der Waals surface area contributed by atoms with Crippen molar-refractivity contribution in [3.63, 3.8) is 0 Å². The quantitative estimate of drug-likeness (QED) is 0.498. The van der Waals surface area contributed by atoms with Crippen molar-refractivity contribution in [2.45, 2.75) is 13.0 Å². The highest BCUT2D eigenvalue weighted by Crippen LogP contribution is 2.29. The standard InChI is InChI=1S/C22H24FNO6/c1-14(17-12-16(27-2)7-9-19(17)28-3)24-21(25)13-30-22(26)10-6-15-5-8-20(29-4)18(23)11-15/h5-12,14H,13H2,1-4H3,(H,24,25)/b10-6+/t14-/m1/s1. The molecule has 30 heavy (non-hydrogen) atoms. The second kappa shape index (κ2) is 10.8. The average Bonchev–Trinajstić information content (AvgIpc) is 2.75. The van der Waals surface area contributed by atoms with Crippen molar-refractivity contribution < 1.29 is 32.9 Å². The Kier molecular flexibility index (Phi) is 8.22. The Labute approximate surface area is 174 Å². The summed E-state index contributed by atoms with van der Waals surface area (Å²) in [7, 11) is 4.44. The van der Waals surface area contributed by atoms with Crippen molar-refractivity contribution in [1.82, 2.24) is 5.32 Å². The summed E-state index contributed by atoms with van der Waals surface area (Å²) in [6, 6.07) is 9.09. The van der Waals surface area contributed by atoms with Gasteiger partial charge in [0.05, 0.1) is 27.4 Å². The lowest BCUT2D eigenvalue weighted by Crippen LogP contribution is -2.31. The molecule has 0 unspecified atom stereocenters. The topological polar surface area (TPSA) is 83.1 Å². The zero-order chi connectivity index (χ0) is 22.1. The zero-order valence-electron chi connectivity index (χ0n) is 17.2. The van der Waals surface area contributed by atoms with Gasteiger partial charge < -0.3 is 24.3 Å². The number of carbonyl (C=O) groups excluding carboxylic acids is 2. The number of ether oxygens (including phenoxy) is 4. The van der Waals surface area contributed by atoms with Gasteiger partial charge in [-0.3, -0.25) is 4.79 Å². The van der Waals surface area contributed by atoms with Gasteiger partial charge in [-0.15, -0.1) is 0 Å². The highest BCUT2D eigenvalue weighted by Gasteiger charge is 2.16. The summed E-state index contributed by atoms with van der Waals surface area (Å²) in [5, 5.41) is 2.73. The molecule has 0 fully saturated rings. The highest BCUT2D eigenvalue weighted by molar-refractivity contribution is 5.89. The molecule has 0 aliphatic heterocycles. The van der Waals surface area contributed by atoms with Gasteiger partial charge >= 0.3 is 5.97 Å². The molecular formula is C22H24FNO6. The molecule has 8 heteroatoms. The van der Waals surface area contributed by atoms with E-state index in [1.807, 2.05) is 0 Å². The first-order valence-corrected chi connectivity index (χ1v) is 9.07. The first kappa shape index (κ1) is 22.7. The lowest BCUT2D eigenvalue weighted by molar-refractivity contribution is -0.144. The Hall–Kier alpha value is -3.55. The van der Waals surface area contributed by atoms with Crippen LogP contribution in [0.4, 0.5) is 4.39 Å². The molecule has 1 N–H and O–H groups in total. The van der Waals surface area contributed by atoms with E-state index in [-0.39, 0.29) is 5.75 Å². The van der Waals surface area contributed by atoms with Crippen LogP contribution in [0, 0.1) is 5.82 Å². The monoisotopic (exact) mass is 417 g/mol. The van der Waals surface area contributed by atoms with Gasteiger partial charge in [0.2, 0.25) is 0 Å². The van der Waals surface area contributed by atoms with E-state index in [4.69, 9.17) is 18.9 Å². The van der Waals surface area contributed by atoms with Gasteiger partial charge in [0.25, 0.3) is 5.91 Å². The Morgan fingerprint density at radius 3 is 2.37 bits per heavy atom. The third-order valence-corrected chi connectivity index (χ3v) is 4.21. The fourth-order valence-electron chi connectivity index (χ4n) is 2.67. The zero-order valence-corrected chi connectivity index (χ0v) is 17.2. The minimum Gasteiger partial charge on any atom is -0.497 e. The van der Waals surface area contributed by atoms with Gasteiger partial charge in [-0.25, -0.2) is 9.18 Å². The molecule has 1 atom stereocenters. The maximum Gasteiger partial charge on any atom is 0.331 e. The van der Waals surface area contributed by atoms with E-state index in [9.17, 15) is 14.0 Å². The van der Waals surface area contributed by atoms with Crippen LogP contribution in [0.25, 0.3) is 6.08 Å². The molecule has 0 aliphatic rings. The summed E-state index contributed by atoms with van der Waals surface area (Å²) < 4.78 is 33.9. The van der Waals surface area contributed by atoms with Crippen molar-refractivity contribution >= 4 is 18.0 Å². The lowest BCUT2D eigenvalue weighted by atomic mass is 10.1. The number of amides is 1. The first-order valence-electron chi connectivity index (χ1n) is 9.07. The average molecular weight is 417 g/mol. The maximum absolute atomic E-state index is 13.6. The fourth-order valence-corrected chi connectivity index (χ4v) is 2.67. The molecule has 0 saturated carbocycles. The molecular weight excluding hydrogens is 393 g/mol. The van der Waals surface area contributed by atoms with E-state index in [2.05, 4.69) is 5.32 Å². The number of halogens is 1. The predicted molar refractivity (Wildman–Crippen MR) is 109 cm³/mol. The summed E-state index contributed by atoms with van der Waals surface area (Å²) in [6.07, 6.45) is 2.50. The van der Waals surface area contributed by atoms with Crippen molar-refractivity contribution in [3.05, 3.63) is 59.4 Å². The van der Waals surface area contributed by atoms with Gasteiger partial charge in [-0.05, 0) is 48.9 Å². The number of benzene rings is 2. The number of esters is 1. The van der Waals surface area contributed by atoms with E-state index < -0.39 is 30.3 Å². The molecule has 2 aromatic rings. The van der Waals surface area contributed by atoms with Crippen LogP contribution in [0.2, 0.25) is 0 Å². The minimum atomic E-state index is -0.729. The minimum absolute atomic E-state index is 0.105. The van der Waals surface area contributed by atoms with Crippen molar-refractivity contribution in [3.8, 4) is 17.2 Å². The van der Waals surface area contributed by atoms with E-state index in [0.29, 0.717) is 17.1 Å². The summed E-state index contributed by atoms with van der Waals surface area (Å²) in [5.41, 5.74) is 1.17. The highest BCUT2D eigenvalue weighted by atomic mass is 19.1. The largest absolute Gasteiger partial charge is 0.497 e. The Bertz CT molecular complexity index is 928.